The van der Waals surface area contributed by atoms with Crippen molar-refractivity contribution in [2.75, 3.05) is 7.11 Å². The van der Waals surface area contributed by atoms with Crippen LogP contribution >= 0.6 is 11.6 Å². The summed E-state index contributed by atoms with van der Waals surface area (Å²) in [7, 11) is 1.26. The highest BCUT2D eigenvalue weighted by atomic mass is 35.5. The second kappa shape index (κ2) is 6.93. The van der Waals surface area contributed by atoms with E-state index in [9.17, 15) is 10.1 Å². The molecule has 1 aromatic heterocycles. The molecule has 0 radical (unpaired) electrons. The van der Waals surface area contributed by atoms with Gasteiger partial charge in [-0.3, -0.25) is 0 Å². The van der Waals surface area contributed by atoms with Gasteiger partial charge >= 0.3 is 5.97 Å². The smallest absolute Gasteiger partial charge is 0.338 e. The third-order valence-corrected chi connectivity index (χ3v) is 4.86. The van der Waals surface area contributed by atoms with Gasteiger partial charge in [0.05, 0.1) is 24.1 Å². The Labute approximate surface area is 161 Å². The number of carbonyl (C=O) groups excluding carboxylic acids is 1. The van der Waals surface area contributed by atoms with Crippen molar-refractivity contribution in [1.82, 2.24) is 4.98 Å². The Morgan fingerprint density at radius 3 is 2.67 bits per heavy atom. The largest absolute Gasteiger partial charge is 0.466 e. The van der Waals surface area contributed by atoms with Gasteiger partial charge in [-0.25, -0.2) is 9.78 Å². The van der Waals surface area contributed by atoms with Crippen LogP contribution in [0.5, 0.6) is 0 Å². The quantitative estimate of drug-likeness (QED) is 0.626. The fourth-order valence-corrected chi connectivity index (χ4v) is 3.66. The van der Waals surface area contributed by atoms with E-state index in [4.69, 9.17) is 26.8 Å². The maximum Gasteiger partial charge on any atom is 0.338 e. The van der Waals surface area contributed by atoms with Crippen LogP contribution in [0, 0.1) is 25.2 Å². The lowest BCUT2D eigenvalue weighted by atomic mass is 9.83. The van der Waals surface area contributed by atoms with Crippen molar-refractivity contribution in [2.24, 2.45) is 5.73 Å². The number of ether oxygens (including phenoxy) is 2. The molecule has 2 aromatic rings. The van der Waals surface area contributed by atoms with Gasteiger partial charge in [-0.15, -0.1) is 0 Å². The van der Waals surface area contributed by atoms with Gasteiger partial charge in [-0.05, 0) is 38.5 Å². The molecule has 0 saturated heterocycles. The third-order valence-electron chi connectivity index (χ3n) is 4.56. The summed E-state index contributed by atoms with van der Waals surface area (Å²) in [5.41, 5.74) is 9.49. The molecule has 0 aliphatic carbocycles. The van der Waals surface area contributed by atoms with Crippen LogP contribution in [0.4, 0.5) is 0 Å². The van der Waals surface area contributed by atoms with Gasteiger partial charge in [0.1, 0.15) is 22.6 Å². The van der Waals surface area contributed by atoms with E-state index in [-0.39, 0.29) is 27.9 Å². The summed E-state index contributed by atoms with van der Waals surface area (Å²) in [5, 5.41) is 10.7. The van der Waals surface area contributed by atoms with Gasteiger partial charge in [0.15, 0.2) is 0 Å². The van der Waals surface area contributed by atoms with Crippen molar-refractivity contribution in [2.45, 2.75) is 26.7 Å². The molecule has 27 heavy (non-hydrogen) atoms. The monoisotopic (exact) mass is 383 g/mol. The summed E-state index contributed by atoms with van der Waals surface area (Å²) in [6, 6.07) is 7.86. The minimum Gasteiger partial charge on any atom is -0.466 e. The Kier molecular flexibility index (Phi) is 4.81. The number of nitriles is 1. The molecule has 1 atom stereocenters. The summed E-state index contributed by atoms with van der Waals surface area (Å²) in [6.45, 7) is 5.53. The van der Waals surface area contributed by atoms with Crippen LogP contribution in [-0.2, 0) is 14.3 Å². The van der Waals surface area contributed by atoms with E-state index < -0.39 is 11.9 Å². The predicted molar refractivity (Wildman–Crippen MR) is 102 cm³/mol. The molecule has 6 nitrogen and oxygen atoms in total. The van der Waals surface area contributed by atoms with Crippen molar-refractivity contribution in [3.63, 3.8) is 0 Å². The van der Waals surface area contributed by atoms with Gasteiger partial charge in [-0.1, -0.05) is 23.2 Å². The maximum atomic E-state index is 12.4. The number of nitrogens with zero attached hydrogens (tertiary/aromatic N) is 2. The van der Waals surface area contributed by atoms with Gasteiger partial charge in [0.25, 0.3) is 0 Å². The topological polar surface area (TPSA) is 98.2 Å². The molecule has 0 saturated carbocycles. The molecule has 1 aromatic carbocycles. The van der Waals surface area contributed by atoms with Crippen LogP contribution in [0.2, 0.25) is 5.15 Å². The molecule has 7 heteroatoms. The van der Waals surface area contributed by atoms with Crippen molar-refractivity contribution in [3.05, 3.63) is 62.8 Å². The molecule has 1 aliphatic heterocycles. The molecule has 3 rings (SSSR count). The number of allylic oxidation sites excluding steroid dienone is 2. The number of carbonyl (C=O) groups is 1. The number of fused-ring (bicyclic) bond motifs is 1. The van der Waals surface area contributed by atoms with Crippen LogP contribution in [0.3, 0.4) is 0 Å². The Balaban J connectivity index is 2.33. The molecule has 0 amide bonds. The maximum absolute atomic E-state index is 12.4. The summed E-state index contributed by atoms with van der Waals surface area (Å²) in [5.74, 6) is -1.24. The zero-order valence-corrected chi connectivity index (χ0v) is 16.1. The summed E-state index contributed by atoms with van der Waals surface area (Å²) in [4.78, 5) is 16.9. The summed E-state index contributed by atoms with van der Waals surface area (Å²) >= 11 is 6.48. The number of nitrogens with two attached hydrogens (primary N) is 1. The molecule has 138 valence electrons. The van der Waals surface area contributed by atoms with E-state index in [2.05, 4.69) is 4.98 Å². The lowest BCUT2D eigenvalue weighted by Gasteiger charge is -2.27. The SMILES string of the molecule is COC(=O)C1=C(C)OC(N)=C(C#N)[C@@H]1c1cc2cc(C)cc(C)c2nc1Cl. The lowest BCUT2D eigenvalue weighted by molar-refractivity contribution is -0.136. The van der Waals surface area contributed by atoms with Crippen molar-refractivity contribution >= 4 is 28.5 Å². The minimum absolute atomic E-state index is 0.0655. The number of aromatic nitrogens is 1. The number of benzene rings is 1. The molecule has 2 N–H and O–H groups in total. The van der Waals surface area contributed by atoms with E-state index in [0.29, 0.717) is 5.56 Å². The van der Waals surface area contributed by atoms with Gasteiger partial charge in [-0.2, -0.15) is 5.26 Å². The first-order valence-corrected chi connectivity index (χ1v) is 8.60. The van der Waals surface area contributed by atoms with Gasteiger partial charge in [0.2, 0.25) is 5.88 Å². The second-order valence-electron chi connectivity index (χ2n) is 6.41. The molecular weight excluding hydrogens is 366 g/mol. The molecular formula is C20H18ClN3O3. The average Bonchev–Trinajstić information content (AvgIpc) is 2.60. The minimum atomic E-state index is -0.818. The number of methoxy groups -OCH3 is 1. The van der Waals surface area contributed by atoms with E-state index >= 15 is 0 Å². The number of halogens is 1. The fraction of sp³-hybridized carbons (Fsp3) is 0.250. The van der Waals surface area contributed by atoms with Gasteiger partial charge < -0.3 is 15.2 Å². The summed E-state index contributed by atoms with van der Waals surface area (Å²) in [6.07, 6.45) is 0. The van der Waals surface area contributed by atoms with Crippen molar-refractivity contribution in [3.8, 4) is 6.07 Å². The second-order valence-corrected chi connectivity index (χ2v) is 6.77. The standard InChI is InChI=1S/C20H18ClN3O3/c1-9-5-10(2)17-12(6-9)7-13(18(21)24-17)16-14(8-22)19(23)27-11(3)15(16)20(25)26-4/h5-7,16H,23H2,1-4H3/t16-/m0/s1. The van der Waals surface area contributed by atoms with Crippen LogP contribution in [0.15, 0.2) is 41.0 Å². The van der Waals surface area contributed by atoms with E-state index in [1.807, 2.05) is 38.1 Å². The average molecular weight is 384 g/mol. The predicted octanol–water partition coefficient (Wildman–Crippen LogP) is 3.76. The highest BCUT2D eigenvalue weighted by molar-refractivity contribution is 6.31. The normalized spacial score (nSPS) is 17.0. The van der Waals surface area contributed by atoms with E-state index in [0.717, 1.165) is 22.0 Å². The summed E-state index contributed by atoms with van der Waals surface area (Å²) < 4.78 is 10.3. The highest BCUT2D eigenvalue weighted by Crippen LogP contribution is 2.42. The zero-order valence-electron chi connectivity index (χ0n) is 15.4. The van der Waals surface area contributed by atoms with E-state index in [1.165, 1.54) is 7.11 Å². The number of rotatable bonds is 2. The zero-order chi connectivity index (χ0) is 19.9. The highest BCUT2D eigenvalue weighted by Gasteiger charge is 2.37. The van der Waals surface area contributed by atoms with Crippen LogP contribution in [0.25, 0.3) is 10.9 Å². The molecule has 2 heterocycles. The first-order valence-electron chi connectivity index (χ1n) is 8.22. The molecule has 0 spiro atoms. The Hall–Kier alpha value is -3.04. The number of aryl methyl sites for hydroxylation is 2. The molecule has 0 bridgehead atoms. The van der Waals surface area contributed by atoms with Crippen LogP contribution < -0.4 is 5.73 Å². The molecule has 1 aliphatic rings. The number of pyridine rings is 1. The van der Waals surface area contributed by atoms with Crippen molar-refractivity contribution < 1.29 is 14.3 Å². The Morgan fingerprint density at radius 2 is 2.04 bits per heavy atom. The third kappa shape index (κ3) is 3.11. The molecule has 0 unspecified atom stereocenters. The molecule has 0 fully saturated rings. The Morgan fingerprint density at radius 1 is 1.33 bits per heavy atom. The van der Waals surface area contributed by atoms with Crippen LogP contribution in [0.1, 0.15) is 29.5 Å². The fourth-order valence-electron chi connectivity index (χ4n) is 3.41. The first kappa shape index (κ1) is 18.7. The van der Waals surface area contributed by atoms with Gasteiger partial charge in [0, 0.05) is 10.9 Å². The lowest BCUT2D eigenvalue weighted by Crippen LogP contribution is -2.25. The first-order chi connectivity index (χ1) is 12.8. The van der Waals surface area contributed by atoms with E-state index in [1.54, 1.807) is 6.92 Å². The number of hydrogen-bond donors (Lipinski definition) is 1. The Bertz CT molecular complexity index is 1080. The number of esters is 1. The number of hydrogen-bond acceptors (Lipinski definition) is 6. The van der Waals surface area contributed by atoms with Crippen LogP contribution in [-0.4, -0.2) is 18.1 Å². The van der Waals surface area contributed by atoms with Crippen molar-refractivity contribution in [1.29, 1.82) is 5.26 Å².